The lowest BCUT2D eigenvalue weighted by Gasteiger charge is -2.26. The first-order valence-corrected chi connectivity index (χ1v) is 22.5. The Morgan fingerprint density at radius 3 is 1.62 bits per heavy atom. The molecule has 1 aliphatic carbocycles. The Morgan fingerprint density at radius 1 is 0.438 bits per heavy atom. The number of benzene rings is 8. The zero-order valence-corrected chi connectivity index (χ0v) is 36.0. The van der Waals surface area contributed by atoms with Crippen LogP contribution < -0.4 is 14.7 Å². The monoisotopic (exact) mass is 825 g/mol. The van der Waals surface area contributed by atoms with Gasteiger partial charge in [0.15, 0.2) is 0 Å². The van der Waals surface area contributed by atoms with E-state index in [4.69, 9.17) is 0 Å². The molecule has 0 spiro atoms. The van der Waals surface area contributed by atoms with E-state index in [0.29, 0.717) is 0 Å². The van der Waals surface area contributed by atoms with Crippen molar-refractivity contribution in [2.45, 2.75) is 26.3 Å². The minimum atomic E-state index is 0.200. The molecule has 1 aliphatic heterocycles. The highest BCUT2D eigenvalue weighted by Gasteiger charge is 2.32. The van der Waals surface area contributed by atoms with Crippen LogP contribution in [0.5, 0.6) is 0 Å². The molecular formula is C59H47N5. The topological polar surface area (TPSA) is 19.6 Å². The normalized spacial score (nSPS) is 14.5. The molecule has 0 N–H and O–H groups in total. The number of anilines is 6. The molecule has 0 amide bonds. The van der Waals surface area contributed by atoms with Crippen LogP contribution in [0.4, 0.5) is 34.1 Å². The largest absolute Gasteiger partial charge is 0.344 e. The molecule has 0 fully saturated rings. The smallest absolute Gasteiger partial charge is 0.0542 e. The Labute approximate surface area is 373 Å². The number of aromatic nitrogens is 2. The van der Waals surface area contributed by atoms with E-state index in [1.165, 1.54) is 49.5 Å². The highest BCUT2D eigenvalue weighted by atomic mass is 15.2. The number of hydrogen-bond acceptors (Lipinski definition) is 3. The fourth-order valence-electron chi connectivity index (χ4n) is 10.5. The van der Waals surface area contributed by atoms with Crippen molar-refractivity contribution in [2.75, 3.05) is 21.2 Å². The summed E-state index contributed by atoms with van der Waals surface area (Å²) in [4.78, 5) is 7.27. The van der Waals surface area contributed by atoms with Crippen LogP contribution in [0.2, 0.25) is 0 Å². The Kier molecular flexibility index (Phi) is 9.08. The molecule has 0 saturated heterocycles. The van der Waals surface area contributed by atoms with Crippen molar-refractivity contribution < 1.29 is 0 Å². The molecule has 1 atom stereocenters. The van der Waals surface area contributed by atoms with E-state index in [2.05, 4.69) is 256 Å². The van der Waals surface area contributed by atoms with Gasteiger partial charge in [-0.05, 0) is 141 Å². The van der Waals surface area contributed by atoms with E-state index in [0.717, 1.165) is 63.9 Å². The SMILES string of the molecule is CCN1C2=CC=C(N(c3ccccc3)c3ccc4c(c3)c3cc(N(c5ccccc5)c5ccc6c(c5)c5ccccc5n6CC)ccc3n4-c3ccccc3)C=CC2c2ccccc21. The second kappa shape index (κ2) is 15.4. The Hall–Kier alpha value is -8.02. The van der Waals surface area contributed by atoms with Gasteiger partial charge in [-0.25, -0.2) is 0 Å². The van der Waals surface area contributed by atoms with Gasteiger partial charge in [-0.3, -0.25) is 0 Å². The fraction of sp³-hybridized carbons (Fsp3) is 0.0847. The van der Waals surface area contributed by atoms with Gasteiger partial charge in [0, 0.05) is 103 Å². The third-order valence-electron chi connectivity index (χ3n) is 13.3. The zero-order valence-electron chi connectivity index (χ0n) is 36.0. The number of rotatable bonds is 9. The van der Waals surface area contributed by atoms with Crippen molar-refractivity contribution in [2.24, 2.45) is 0 Å². The van der Waals surface area contributed by atoms with Crippen LogP contribution in [0.1, 0.15) is 25.3 Å². The summed E-state index contributed by atoms with van der Waals surface area (Å²) in [5, 5.41) is 4.91. The quantitative estimate of drug-likeness (QED) is 0.145. The summed E-state index contributed by atoms with van der Waals surface area (Å²) in [7, 11) is 0. The maximum Gasteiger partial charge on any atom is 0.0542 e. The molecule has 10 aromatic rings. The van der Waals surface area contributed by atoms with Crippen LogP contribution in [0, 0.1) is 0 Å². The Morgan fingerprint density at radius 2 is 0.969 bits per heavy atom. The number of fused-ring (bicyclic) bond motifs is 9. The molecule has 2 aliphatic rings. The van der Waals surface area contributed by atoms with E-state index >= 15 is 0 Å². The first-order chi connectivity index (χ1) is 31.7. The summed E-state index contributed by atoms with van der Waals surface area (Å²) in [5.74, 6) is 0.200. The Balaban J connectivity index is 1.06. The molecule has 0 radical (unpaired) electrons. The molecule has 1 unspecified atom stereocenters. The van der Waals surface area contributed by atoms with E-state index in [1.54, 1.807) is 0 Å². The summed E-state index contributed by atoms with van der Waals surface area (Å²) in [5.41, 5.74) is 16.6. The van der Waals surface area contributed by atoms with Gasteiger partial charge < -0.3 is 23.8 Å². The van der Waals surface area contributed by atoms with Crippen molar-refractivity contribution in [3.63, 3.8) is 0 Å². The average molecular weight is 826 g/mol. The van der Waals surface area contributed by atoms with Gasteiger partial charge in [0.25, 0.3) is 0 Å². The van der Waals surface area contributed by atoms with Gasteiger partial charge in [0.1, 0.15) is 0 Å². The minimum Gasteiger partial charge on any atom is -0.344 e. The number of likely N-dealkylation sites (N-methyl/N-ethyl adjacent to an activating group) is 1. The first kappa shape index (κ1) is 37.7. The van der Waals surface area contributed by atoms with Crippen LogP contribution in [-0.4, -0.2) is 15.7 Å². The lowest BCUT2D eigenvalue weighted by Crippen LogP contribution is -2.18. The van der Waals surface area contributed by atoms with E-state index < -0.39 is 0 Å². The summed E-state index contributed by atoms with van der Waals surface area (Å²) in [6, 6.07) is 70.9. The number of allylic oxidation sites excluding steroid dienone is 4. The summed E-state index contributed by atoms with van der Waals surface area (Å²) < 4.78 is 4.83. The number of nitrogens with zero attached hydrogens (tertiary/aromatic N) is 5. The molecule has 12 rings (SSSR count). The lowest BCUT2D eigenvalue weighted by molar-refractivity contribution is 0.827. The van der Waals surface area contributed by atoms with Crippen molar-refractivity contribution in [1.82, 2.24) is 9.13 Å². The predicted octanol–water partition coefficient (Wildman–Crippen LogP) is 15.5. The fourth-order valence-corrected chi connectivity index (χ4v) is 10.5. The third-order valence-corrected chi connectivity index (χ3v) is 13.3. The minimum absolute atomic E-state index is 0.200. The molecule has 308 valence electrons. The van der Waals surface area contributed by atoms with Crippen LogP contribution in [-0.2, 0) is 6.54 Å². The second-order valence-electron chi connectivity index (χ2n) is 16.7. The van der Waals surface area contributed by atoms with Crippen molar-refractivity contribution in [1.29, 1.82) is 0 Å². The number of para-hydroxylation sites is 5. The second-order valence-corrected chi connectivity index (χ2v) is 16.7. The average Bonchev–Trinajstić information content (AvgIpc) is 3.90. The molecule has 5 heteroatoms. The van der Waals surface area contributed by atoms with Crippen LogP contribution in [0.25, 0.3) is 49.3 Å². The van der Waals surface area contributed by atoms with Gasteiger partial charge >= 0.3 is 0 Å². The zero-order chi connectivity index (χ0) is 42.7. The molecule has 0 bridgehead atoms. The highest BCUT2D eigenvalue weighted by molar-refractivity contribution is 6.13. The number of aryl methyl sites for hydroxylation is 1. The predicted molar refractivity (Wildman–Crippen MR) is 270 cm³/mol. The number of hydrogen-bond donors (Lipinski definition) is 0. The molecule has 3 heterocycles. The van der Waals surface area contributed by atoms with Gasteiger partial charge in [-0.15, -0.1) is 0 Å². The Bertz CT molecular complexity index is 3480. The molecule has 2 aromatic heterocycles. The van der Waals surface area contributed by atoms with Crippen LogP contribution in [0.3, 0.4) is 0 Å². The van der Waals surface area contributed by atoms with Gasteiger partial charge in [0.05, 0.1) is 11.0 Å². The first-order valence-electron chi connectivity index (χ1n) is 22.5. The van der Waals surface area contributed by atoms with E-state index in [-0.39, 0.29) is 5.92 Å². The van der Waals surface area contributed by atoms with Crippen LogP contribution >= 0.6 is 0 Å². The maximum atomic E-state index is 2.46. The molecule has 8 aromatic carbocycles. The molecule has 5 nitrogen and oxygen atoms in total. The third kappa shape index (κ3) is 5.99. The van der Waals surface area contributed by atoms with Gasteiger partial charge in [-0.2, -0.15) is 0 Å². The summed E-state index contributed by atoms with van der Waals surface area (Å²) >= 11 is 0. The van der Waals surface area contributed by atoms with Gasteiger partial charge in [0.2, 0.25) is 0 Å². The standard InChI is InChI=1S/C59H47N5/c1-3-60-54-26-16-14-24-48(54)50-33-28-44(29-34-56(50)60)62(41-18-8-5-9-19-41)45-31-36-58-52(39-45)53-40-47(32-37-59(53)64(58)43-22-12-7-13-23-43)63(42-20-10-6-11-21-42)46-30-35-57-51(38-46)49-25-15-17-27-55(49)61(57)4-2/h5-40,50H,3-4H2,1-2H3. The maximum absolute atomic E-state index is 2.46. The van der Waals surface area contributed by atoms with Crippen molar-refractivity contribution in [3.8, 4) is 5.69 Å². The van der Waals surface area contributed by atoms with Gasteiger partial charge in [-0.1, -0.05) is 97.1 Å². The lowest BCUT2D eigenvalue weighted by atomic mass is 9.98. The van der Waals surface area contributed by atoms with Crippen LogP contribution in [0.15, 0.2) is 230 Å². The summed E-state index contributed by atoms with van der Waals surface area (Å²) in [6.07, 6.45) is 9.34. The highest BCUT2D eigenvalue weighted by Crippen LogP contribution is 2.47. The van der Waals surface area contributed by atoms with E-state index in [1.807, 2.05) is 0 Å². The van der Waals surface area contributed by atoms with Crippen molar-refractivity contribution >= 4 is 77.7 Å². The molecular weight excluding hydrogens is 779 g/mol. The summed E-state index contributed by atoms with van der Waals surface area (Å²) in [6.45, 7) is 6.30. The molecule has 64 heavy (non-hydrogen) atoms. The van der Waals surface area contributed by atoms with Crippen molar-refractivity contribution in [3.05, 3.63) is 235 Å². The molecule has 0 saturated carbocycles. The van der Waals surface area contributed by atoms with E-state index in [9.17, 15) is 0 Å².